The average Bonchev–Trinajstić information content (AvgIpc) is 2.16. The van der Waals surface area contributed by atoms with E-state index >= 15 is 0 Å². The Morgan fingerprint density at radius 2 is 2.20 bits per heavy atom. The molecule has 0 aliphatic rings. The number of hydrogen-bond acceptors (Lipinski definition) is 3. The van der Waals surface area contributed by atoms with Crippen molar-refractivity contribution in [1.82, 2.24) is 0 Å². The molecule has 15 heavy (non-hydrogen) atoms. The van der Waals surface area contributed by atoms with Crippen LogP contribution in [-0.2, 0) is 0 Å². The minimum absolute atomic E-state index is 0. The van der Waals surface area contributed by atoms with Gasteiger partial charge in [0.25, 0.3) is 5.69 Å². The van der Waals surface area contributed by atoms with Crippen molar-refractivity contribution in [2.45, 2.75) is 6.04 Å². The first kappa shape index (κ1) is 13.5. The second kappa shape index (κ2) is 5.43. The first-order valence-electron chi connectivity index (χ1n) is 3.88. The molecule has 2 N–H and O–H groups in total. The normalized spacial score (nSPS) is 11.3. The monoisotopic (exact) mass is 232 g/mol. The van der Waals surface area contributed by atoms with E-state index in [1.54, 1.807) is 0 Å². The summed E-state index contributed by atoms with van der Waals surface area (Å²) in [5, 5.41) is 10.5. The van der Waals surface area contributed by atoms with Crippen LogP contribution in [-0.4, -0.2) is 4.92 Å². The second-order valence-corrected chi connectivity index (χ2v) is 2.72. The predicted molar refractivity (Wildman–Crippen MR) is 57.4 cm³/mol. The third-order valence-electron chi connectivity index (χ3n) is 1.80. The van der Waals surface area contributed by atoms with Crippen molar-refractivity contribution in [3.8, 4) is 0 Å². The minimum atomic E-state index is -0.730. The molecule has 0 aromatic heterocycles. The van der Waals surface area contributed by atoms with E-state index in [9.17, 15) is 14.5 Å². The molecule has 0 spiro atoms. The summed E-state index contributed by atoms with van der Waals surface area (Å²) >= 11 is 0. The molecule has 6 heteroatoms. The van der Waals surface area contributed by atoms with Crippen LogP contribution < -0.4 is 5.73 Å². The van der Waals surface area contributed by atoms with E-state index < -0.39 is 16.8 Å². The van der Waals surface area contributed by atoms with Crippen molar-refractivity contribution >= 4 is 18.1 Å². The highest BCUT2D eigenvalue weighted by Crippen LogP contribution is 2.24. The topological polar surface area (TPSA) is 69.2 Å². The van der Waals surface area contributed by atoms with Gasteiger partial charge in [-0.15, -0.1) is 19.0 Å². The van der Waals surface area contributed by atoms with Crippen molar-refractivity contribution in [3.63, 3.8) is 0 Å². The van der Waals surface area contributed by atoms with Crippen molar-refractivity contribution < 1.29 is 9.31 Å². The van der Waals surface area contributed by atoms with Gasteiger partial charge in [0.15, 0.2) is 0 Å². The largest absolute Gasteiger partial charge is 0.321 e. The predicted octanol–water partition coefficient (Wildman–Crippen LogP) is 2.34. The lowest BCUT2D eigenvalue weighted by atomic mass is 10.1. The fraction of sp³-hybridized carbons (Fsp3) is 0.111. The summed E-state index contributed by atoms with van der Waals surface area (Å²) in [6, 6.07) is 2.43. The highest BCUT2D eigenvalue weighted by Gasteiger charge is 2.17. The highest BCUT2D eigenvalue weighted by atomic mass is 35.5. The van der Waals surface area contributed by atoms with E-state index in [0.717, 1.165) is 18.2 Å². The Morgan fingerprint density at radius 1 is 1.60 bits per heavy atom. The quantitative estimate of drug-likeness (QED) is 0.494. The molecule has 0 aliphatic heterocycles. The molecule has 4 nitrogen and oxygen atoms in total. The highest BCUT2D eigenvalue weighted by molar-refractivity contribution is 5.85. The summed E-state index contributed by atoms with van der Waals surface area (Å²) in [5.41, 5.74) is 5.45. The molecule has 0 amide bonds. The summed E-state index contributed by atoms with van der Waals surface area (Å²) in [7, 11) is 0. The van der Waals surface area contributed by atoms with E-state index in [0.29, 0.717) is 0 Å². The maximum atomic E-state index is 12.8. The number of nitrogens with zero attached hydrogens (tertiary/aromatic N) is 1. The number of nitrogens with two attached hydrogens (primary N) is 1. The van der Waals surface area contributed by atoms with Gasteiger partial charge in [0.1, 0.15) is 5.82 Å². The number of halogens is 2. The molecule has 0 radical (unpaired) electrons. The van der Waals surface area contributed by atoms with Gasteiger partial charge in [-0.2, -0.15) is 0 Å². The Kier molecular flexibility index (Phi) is 4.90. The molecule has 0 heterocycles. The molecule has 0 fully saturated rings. The molecule has 1 atom stereocenters. The van der Waals surface area contributed by atoms with Gasteiger partial charge in [-0.25, -0.2) is 4.39 Å². The summed E-state index contributed by atoms with van der Waals surface area (Å²) < 4.78 is 12.8. The summed E-state index contributed by atoms with van der Waals surface area (Å²) in [5.74, 6) is -0.553. The van der Waals surface area contributed by atoms with Crippen molar-refractivity contribution in [1.29, 1.82) is 0 Å². The van der Waals surface area contributed by atoms with Crippen molar-refractivity contribution in [3.05, 3.63) is 52.3 Å². The Balaban J connectivity index is 0.00000196. The first-order valence-corrected chi connectivity index (χ1v) is 3.88. The molecule has 0 unspecified atom stereocenters. The average molecular weight is 233 g/mol. The fourth-order valence-corrected chi connectivity index (χ4v) is 1.09. The van der Waals surface area contributed by atoms with E-state index in [2.05, 4.69) is 6.58 Å². The van der Waals surface area contributed by atoms with Gasteiger partial charge < -0.3 is 5.73 Å². The van der Waals surface area contributed by atoms with Crippen LogP contribution in [0.15, 0.2) is 30.9 Å². The third kappa shape index (κ3) is 3.00. The lowest BCUT2D eigenvalue weighted by Crippen LogP contribution is -2.09. The number of nitro benzene ring substituents is 1. The van der Waals surface area contributed by atoms with Crippen LogP contribution in [0.25, 0.3) is 0 Å². The van der Waals surface area contributed by atoms with E-state index in [-0.39, 0.29) is 23.7 Å². The van der Waals surface area contributed by atoms with Crippen LogP contribution in [0.1, 0.15) is 11.6 Å². The van der Waals surface area contributed by atoms with Crippen molar-refractivity contribution in [2.75, 3.05) is 0 Å². The third-order valence-corrected chi connectivity index (χ3v) is 1.80. The lowest BCUT2D eigenvalue weighted by molar-refractivity contribution is -0.385. The summed E-state index contributed by atoms with van der Waals surface area (Å²) in [6.45, 7) is 3.40. The van der Waals surface area contributed by atoms with Gasteiger partial charge in [-0.1, -0.05) is 6.08 Å². The van der Waals surface area contributed by atoms with Crippen LogP contribution >= 0.6 is 12.4 Å². The molecule has 0 saturated heterocycles. The molecule has 1 rings (SSSR count). The van der Waals surface area contributed by atoms with E-state index in [4.69, 9.17) is 5.73 Å². The maximum absolute atomic E-state index is 12.8. The zero-order valence-electron chi connectivity index (χ0n) is 7.72. The van der Waals surface area contributed by atoms with Gasteiger partial charge >= 0.3 is 0 Å². The van der Waals surface area contributed by atoms with Gasteiger partial charge in [0.2, 0.25) is 0 Å². The van der Waals surface area contributed by atoms with Gasteiger partial charge in [0, 0.05) is 6.07 Å². The molecule has 0 bridgehead atoms. The number of benzene rings is 1. The van der Waals surface area contributed by atoms with Crippen LogP contribution in [0.2, 0.25) is 0 Å². The summed E-state index contributed by atoms with van der Waals surface area (Å²) in [4.78, 5) is 9.95. The summed E-state index contributed by atoms with van der Waals surface area (Å²) in [6.07, 6.45) is 1.32. The van der Waals surface area contributed by atoms with E-state index in [1.165, 1.54) is 6.08 Å². The van der Waals surface area contributed by atoms with Gasteiger partial charge in [0.05, 0.1) is 16.5 Å². The zero-order valence-corrected chi connectivity index (χ0v) is 8.54. The molecule has 1 aromatic carbocycles. The SMILES string of the molecule is C=C[C@@H](N)c1cc(F)ccc1[N+](=O)[O-].Cl. The van der Waals surface area contributed by atoms with E-state index in [1.807, 2.05) is 0 Å². The van der Waals surface area contributed by atoms with Crippen LogP contribution in [0, 0.1) is 15.9 Å². The molecule has 82 valence electrons. The first-order chi connectivity index (χ1) is 6.56. The second-order valence-electron chi connectivity index (χ2n) is 2.72. The Bertz CT molecular complexity index is 384. The van der Waals surface area contributed by atoms with Crippen LogP contribution in [0.3, 0.4) is 0 Å². The Labute approximate surface area is 92.1 Å². The minimum Gasteiger partial charge on any atom is -0.321 e. The molecule has 0 aliphatic carbocycles. The van der Waals surface area contributed by atoms with Crippen LogP contribution in [0.5, 0.6) is 0 Å². The fourth-order valence-electron chi connectivity index (χ4n) is 1.09. The smallest absolute Gasteiger partial charge is 0.274 e. The maximum Gasteiger partial charge on any atom is 0.274 e. The zero-order chi connectivity index (χ0) is 10.7. The van der Waals surface area contributed by atoms with Crippen molar-refractivity contribution in [2.24, 2.45) is 5.73 Å². The van der Waals surface area contributed by atoms with Gasteiger partial charge in [-0.05, 0) is 12.1 Å². The Hall–Kier alpha value is -1.46. The molecular weight excluding hydrogens is 223 g/mol. The molecule has 1 aromatic rings. The number of hydrogen-bond donors (Lipinski definition) is 1. The molecular formula is C9H10ClFN2O2. The molecule has 0 saturated carbocycles. The Morgan fingerprint density at radius 3 is 2.67 bits per heavy atom. The lowest BCUT2D eigenvalue weighted by Gasteiger charge is -2.06. The standard InChI is InChI=1S/C9H9FN2O2.ClH/c1-2-8(11)7-5-6(10)3-4-9(7)12(13)14;/h2-5,8H,1,11H2;1H/t8-;/m1./s1. The van der Waals surface area contributed by atoms with Gasteiger partial charge in [-0.3, -0.25) is 10.1 Å². The van der Waals surface area contributed by atoms with Crippen LogP contribution in [0.4, 0.5) is 10.1 Å². The number of rotatable bonds is 3. The number of nitro groups is 1.